The number of rotatable bonds is 2. The molecule has 1 heterocycles. The smallest absolute Gasteiger partial charge is 0.189 e. The zero-order chi connectivity index (χ0) is 13.7. The van der Waals surface area contributed by atoms with Crippen LogP contribution in [0.1, 0.15) is 30.0 Å². The van der Waals surface area contributed by atoms with E-state index in [1.54, 1.807) is 0 Å². The summed E-state index contributed by atoms with van der Waals surface area (Å²) in [6, 6.07) is 10.2. The molecule has 0 bridgehead atoms. The number of pyridine rings is 1. The number of hydrogen-bond acceptors (Lipinski definition) is 1. The van der Waals surface area contributed by atoms with Gasteiger partial charge in [-0.3, -0.25) is 0 Å². The van der Waals surface area contributed by atoms with Crippen molar-refractivity contribution in [3.8, 4) is 11.8 Å². The van der Waals surface area contributed by atoms with Gasteiger partial charge in [0, 0.05) is 5.56 Å². The van der Waals surface area contributed by atoms with E-state index in [-0.39, 0.29) is 5.56 Å². The summed E-state index contributed by atoms with van der Waals surface area (Å²) in [6.07, 6.45) is 2.13. The first kappa shape index (κ1) is 13.2. The standard InChI is InChI=1S/C16H13F2N/c1-2-3-12-4-6-13(7-5-12)8-9-14-10-11-15(17)19-16(14)18/h4-7,10-11H,2-3H2,1H3. The Morgan fingerprint density at radius 2 is 1.74 bits per heavy atom. The fourth-order valence-electron chi connectivity index (χ4n) is 1.69. The SMILES string of the molecule is CCCc1ccc(C#Cc2ccc(F)nc2F)cc1. The quantitative estimate of drug-likeness (QED) is 0.590. The molecular formula is C16H13F2N. The highest BCUT2D eigenvalue weighted by Gasteiger charge is 2.01. The lowest BCUT2D eigenvalue weighted by Crippen LogP contribution is -1.91. The Morgan fingerprint density at radius 3 is 2.37 bits per heavy atom. The molecular weight excluding hydrogens is 244 g/mol. The summed E-state index contributed by atoms with van der Waals surface area (Å²) >= 11 is 0. The van der Waals surface area contributed by atoms with Gasteiger partial charge in [-0.15, -0.1) is 0 Å². The van der Waals surface area contributed by atoms with Gasteiger partial charge < -0.3 is 0 Å². The van der Waals surface area contributed by atoms with Gasteiger partial charge in [0.05, 0.1) is 5.56 Å². The van der Waals surface area contributed by atoms with Gasteiger partial charge in [-0.05, 0) is 36.2 Å². The maximum atomic E-state index is 13.3. The first-order chi connectivity index (χ1) is 9.19. The van der Waals surface area contributed by atoms with Crippen LogP contribution >= 0.6 is 0 Å². The summed E-state index contributed by atoms with van der Waals surface area (Å²) < 4.78 is 25.9. The number of halogens is 2. The van der Waals surface area contributed by atoms with Crippen molar-refractivity contribution in [2.24, 2.45) is 0 Å². The molecule has 96 valence electrons. The highest BCUT2D eigenvalue weighted by Crippen LogP contribution is 2.07. The molecule has 1 aromatic heterocycles. The van der Waals surface area contributed by atoms with Gasteiger partial charge in [0.2, 0.25) is 11.9 Å². The molecule has 0 saturated heterocycles. The third-order valence-corrected chi connectivity index (χ3v) is 2.65. The minimum atomic E-state index is -0.880. The van der Waals surface area contributed by atoms with Crippen LogP contribution in [-0.2, 0) is 6.42 Å². The molecule has 0 aliphatic carbocycles. The molecule has 0 aliphatic rings. The first-order valence-electron chi connectivity index (χ1n) is 6.12. The largest absolute Gasteiger partial charge is 0.231 e. The van der Waals surface area contributed by atoms with E-state index in [0.29, 0.717) is 0 Å². The topological polar surface area (TPSA) is 12.9 Å². The van der Waals surface area contributed by atoms with Crippen molar-refractivity contribution >= 4 is 0 Å². The predicted molar refractivity (Wildman–Crippen MR) is 70.6 cm³/mol. The van der Waals surface area contributed by atoms with Gasteiger partial charge in [0.1, 0.15) is 0 Å². The fraction of sp³-hybridized carbons (Fsp3) is 0.188. The zero-order valence-electron chi connectivity index (χ0n) is 10.6. The number of nitrogens with zero attached hydrogens (tertiary/aromatic N) is 1. The molecule has 0 unspecified atom stereocenters. The van der Waals surface area contributed by atoms with Crippen molar-refractivity contribution in [1.29, 1.82) is 0 Å². The Kier molecular flexibility index (Phi) is 4.25. The molecule has 2 aromatic rings. The molecule has 0 N–H and O–H groups in total. The molecule has 3 heteroatoms. The summed E-state index contributed by atoms with van der Waals surface area (Å²) in [5, 5.41) is 0. The van der Waals surface area contributed by atoms with Crippen LogP contribution in [0.3, 0.4) is 0 Å². The summed E-state index contributed by atoms with van der Waals surface area (Å²) in [5.74, 6) is 3.77. The number of hydrogen-bond donors (Lipinski definition) is 0. The monoisotopic (exact) mass is 257 g/mol. The van der Waals surface area contributed by atoms with Crippen LogP contribution in [0.4, 0.5) is 8.78 Å². The van der Waals surface area contributed by atoms with E-state index in [9.17, 15) is 8.78 Å². The molecule has 0 amide bonds. The molecule has 0 spiro atoms. The third kappa shape index (κ3) is 3.62. The minimum Gasteiger partial charge on any atom is -0.189 e. The highest BCUT2D eigenvalue weighted by atomic mass is 19.1. The predicted octanol–water partition coefficient (Wildman–Crippen LogP) is 3.71. The van der Waals surface area contributed by atoms with Crippen molar-refractivity contribution in [3.05, 3.63) is 65.0 Å². The molecule has 0 radical (unpaired) electrons. The number of benzene rings is 1. The van der Waals surface area contributed by atoms with Crippen LogP contribution < -0.4 is 0 Å². The molecule has 0 atom stereocenters. The Labute approximate surface area is 111 Å². The molecule has 0 fully saturated rings. The Bertz CT molecular complexity index is 621. The van der Waals surface area contributed by atoms with E-state index >= 15 is 0 Å². The Hall–Kier alpha value is -2.21. The van der Waals surface area contributed by atoms with E-state index in [0.717, 1.165) is 24.5 Å². The molecule has 0 aliphatic heterocycles. The van der Waals surface area contributed by atoms with Gasteiger partial charge in [0.15, 0.2) is 0 Å². The second-order valence-corrected chi connectivity index (χ2v) is 4.17. The zero-order valence-corrected chi connectivity index (χ0v) is 10.6. The van der Waals surface area contributed by atoms with Gasteiger partial charge in [-0.2, -0.15) is 13.8 Å². The molecule has 0 saturated carbocycles. The van der Waals surface area contributed by atoms with Crippen molar-refractivity contribution in [2.75, 3.05) is 0 Å². The van der Waals surface area contributed by atoms with E-state index in [1.807, 2.05) is 24.3 Å². The van der Waals surface area contributed by atoms with E-state index in [2.05, 4.69) is 23.7 Å². The molecule has 19 heavy (non-hydrogen) atoms. The lowest BCUT2D eigenvalue weighted by molar-refractivity contribution is 0.510. The van der Waals surface area contributed by atoms with E-state index in [1.165, 1.54) is 11.6 Å². The highest BCUT2D eigenvalue weighted by molar-refractivity contribution is 5.42. The maximum absolute atomic E-state index is 13.3. The lowest BCUT2D eigenvalue weighted by atomic mass is 10.1. The van der Waals surface area contributed by atoms with Gasteiger partial charge in [-0.1, -0.05) is 37.3 Å². The van der Waals surface area contributed by atoms with Crippen LogP contribution in [0.2, 0.25) is 0 Å². The number of aryl methyl sites for hydroxylation is 1. The van der Waals surface area contributed by atoms with Crippen LogP contribution in [0.25, 0.3) is 0 Å². The minimum absolute atomic E-state index is 0.0963. The van der Waals surface area contributed by atoms with Gasteiger partial charge >= 0.3 is 0 Å². The van der Waals surface area contributed by atoms with Crippen molar-refractivity contribution < 1.29 is 8.78 Å². The van der Waals surface area contributed by atoms with E-state index in [4.69, 9.17) is 0 Å². The fourth-order valence-corrected chi connectivity index (χ4v) is 1.69. The average Bonchev–Trinajstić information content (AvgIpc) is 2.40. The van der Waals surface area contributed by atoms with E-state index < -0.39 is 11.9 Å². The second kappa shape index (κ2) is 6.10. The van der Waals surface area contributed by atoms with Crippen molar-refractivity contribution in [2.45, 2.75) is 19.8 Å². The normalized spacial score (nSPS) is 9.84. The maximum Gasteiger partial charge on any atom is 0.231 e. The summed E-state index contributed by atoms with van der Waals surface area (Å²) in [4.78, 5) is 3.09. The van der Waals surface area contributed by atoms with Crippen LogP contribution in [0.15, 0.2) is 36.4 Å². The summed E-state index contributed by atoms with van der Waals surface area (Å²) in [7, 11) is 0. The lowest BCUT2D eigenvalue weighted by Gasteiger charge is -1.97. The molecule has 1 nitrogen and oxygen atoms in total. The Balaban J connectivity index is 2.19. The van der Waals surface area contributed by atoms with Gasteiger partial charge in [0.25, 0.3) is 0 Å². The van der Waals surface area contributed by atoms with Crippen molar-refractivity contribution in [1.82, 2.24) is 4.98 Å². The summed E-state index contributed by atoms with van der Waals surface area (Å²) in [6.45, 7) is 2.12. The van der Waals surface area contributed by atoms with Crippen LogP contribution in [-0.4, -0.2) is 4.98 Å². The van der Waals surface area contributed by atoms with Crippen LogP contribution in [0, 0.1) is 23.7 Å². The molecule has 1 aromatic carbocycles. The first-order valence-corrected chi connectivity index (χ1v) is 6.12. The molecule has 2 rings (SSSR count). The summed E-state index contributed by atoms with van der Waals surface area (Å²) in [5.41, 5.74) is 2.14. The van der Waals surface area contributed by atoms with Crippen molar-refractivity contribution in [3.63, 3.8) is 0 Å². The third-order valence-electron chi connectivity index (χ3n) is 2.65. The number of aromatic nitrogens is 1. The Morgan fingerprint density at radius 1 is 1.00 bits per heavy atom. The second-order valence-electron chi connectivity index (χ2n) is 4.17. The van der Waals surface area contributed by atoms with Gasteiger partial charge in [-0.25, -0.2) is 0 Å². The van der Waals surface area contributed by atoms with Crippen LogP contribution in [0.5, 0.6) is 0 Å². The average molecular weight is 257 g/mol.